The van der Waals surface area contributed by atoms with E-state index in [1.807, 2.05) is 16.7 Å². The van der Waals surface area contributed by atoms with Gasteiger partial charge in [0, 0.05) is 51.1 Å². The molecule has 8 heteroatoms. The van der Waals surface area contributed by atoms with E-state index >= 15 is 0 Å². The van der Waals surface area contributed by atoms with Gasteiger partial charge in [0.2, 0.25) is 17.7 Å². The quantitative estimate of drug-likeness (QED) is 0.842. The van der Waals surface area contributed by atoms with Crippen LogP contribution in [0.2, 0.25) is 0 Å². The molecule has 4 heterocycles. The molecule has 2 saturated heterocycles. The SMILES string of the molecule is CCC(=O)N1CCc2[nH]cnc2C12CCN(C(=O)CN1CCCC1=O)CC2. The minimum absolute atomic E-state index is 0.00605. The molecule has 4 rings (SSSR count). The average molecular weight is 373 g/mol. The van der Waals surface area contributed by atoms with Crippen molar-refractivity contribution in [2.45, 2.75) is 51.0 Å². The van der Waals surface area contributed by atoms with Crippen molar-refractivity contribution in [2.75, 3.05) is 32.7 Å². The lowest BCUT2D eigenvalue weighted by Gasteiger charge is -2.50. The first-order valence-electron chi connectivity index (χ1n) is 9.94. The molecule has 1 N–H and O–H groups in total. The number of nitrogens with zero attached hydrogens (tertiary/aromatic N) is 4. The Hall–Kier alpha value is -2.38. The molecule has 27 heavy (non-hydrogen) atoms. The number of aromatic amines is 1. The Morgan fingerprint density at radius 3 is 2.59 bits per heavy atom. The number of hydrogen-bond acceptors (Lipinski definition) is 4. The molecule has 0 saturated carbocycles. The van der Waals surface area contributed by atoms with Gasteiger partial charge in [0.1, 0.15) is 0 Å². The summed E-state index contributed by atoms with van der Waals surface area (Å²) in [4.78, 5) is 50.3. The number of nitrogens with one attached hydrogen (secondary N) is 1. The highest BCUT2D eigenvalue weighted by Crippen LogP contribution is 2.42. The number of carbonyl (C=O) groups is 3. The highest BCUT2D eigenvalue weighted by molar-refractivity contribution is 5.86. The highest BCUT2D eigenvalue weighted by atomic mass is 16.2. The number of likely N-dealkylation sites (tertiary alicyclic amines) is 2. The molecule has 0 atom stereocenters. The molecule has 0 radical (unpaired) electrons. The zero-order chi connectivity index (χ0) is 19.0. The maximum absolute atomic E-state index is 12.7. The third kappa shape index (κ3) is 3.00. The summed E-state index contributed by atoms with van der Waals surface area (Å²) in [7, 11) is 0. The lowest BCUT2D eigenvalue weighted by Crippen LogP contribution is -2.59. The molecule has 8 nitrogen and oxygen atoms in total. The molecule has 3 aliphatic rings. The normalized spacial score (nSPS) is 21.7. The molecule has 0 bridgehead atoms. The minimum Gasteiger partial charge on any atom is -0.348 e. The largest absolute Gasteiger partial charge is 0.348 e. The van der Waals surface area contributed by atoms with Gasteiger partial charge in [0.15, 0.2) is 0 Å². The molecule has 1 spiro atoms. The highest BCUT2D eigenvalue weighted by Gasteiger charge is 2.48. The van der Waals surface area contributed by atoms with Gasteiger partial charge in [-0.2, -0.15) is 0 Å². The maximum atomic E-state index is 12.7. The van der Waals surface area contributed by atoms with Gasteiger partial charge in [-0.05, 0) is 19.3 Å². The van der Waals surface area contributed by atoms with Gasteiger partial charge in [0.05, 0.1) is 24.1 Å². The third-order valence-electron chi connectivity index (χ3n) is 6.31. The van der Waals surface area contributed by atoms with Gasteiger partial charge >= 0.3 is 0 Å². The van der Waals surface area contributed by atoms with Crippen LogP contribution in [0.3, 0.4) is 0 Å². The fourth-order valence-corrected chi connectivity index (χ4v) is 4.80. The number of piperidine rings is 1. The zero-order valence-corrected chi connectivity index (χ0v) is 15.9. The van der Waals surface area contributed by atoms with E-state index in [4.69, 9.17) is 0 Å². The van der Waals surface area contributed by atoms with Crippen molar-refractivity contribution < 1.29 is 14.4 Å². The van der Waals surface area contributed by atoms with Crippen LogP contribution in [-0.4, -0.2) is 75.1 Å². The van der Waals surface area contributed by atoms with Crippen LogP contribution in [0.25, 0.3) is 0 Å². The summed E-state index contributed by atoms with van der Waals surface area (Å²) >= 11 is 0. The summed E-state index contributed by atoms with van der Waals surface area (Å²) in [5.74, 6) is 0.225. The molecular formula is C19H27N5O3. The van der Waals surface area contributed by atoms with Crippen LogP contribution in [-0.2, 0) is 26.3 Å². The van der Waals surface area contributed by atoms with E-state index in [0.717, 1.165) is 24.2 Å². The van der Waals surface area contributed by atoms with Gasteiger partial charge in [-0.3, -0.25) is 14.4 Å². The Balaban J connectivity index is 1.49. The van der Waals surface area contributed by atoms with Crippen LogP contribution < -0.4 is 0 Å². The van der Waals surface area contributed by atoms with Crippen molar-refractivity contribution >= 4 is 17.7 Å². The fourth-order valence-electron chi connectivity index (χ4n) is 4.80. The van der Waals surface area contributed by atoms with Gasteiger partial charge in [-0.1, -0.05) is 6.92 Å². The Morgan fingerprint density at radius 2 is 1.93 bits per heavy atom. The van der Waals surface area contributed by atoms with Crippen molar-refractivity contribution in [3.8, 4) is 0 Å². The molecule has 1 aromatic heterocycles. The second kappa shape index (κ2) is 6.98. The van der Waals surface area contributed by atoms with Crippen LogP contribution >= 0.6 is 0 Å². The summed E-state index contributed by atoms with van der Waals surface area (Å²) < 4.78 is 0. The van der Waals surface area contributed by atoms with Crippen LogP contribution in [0.5, 0.6) is 0 Å². The van der Waals surface area contributed by atoms with Gasteiger partial charge in [0.25, 0.3) is 0 Å². The lowest BCUT2D eigenvalue weighted by molar-refractivity contribution is -0.146. The fraction of sp³-hybridized carbons (Fsp3) is 0.684. The molecule has 0 unspecified atom stereocenters. The Morgan fingerprint density at radius 1 is 1.15 bits per heavy atom. The first-order chi connectivity index (χ1) is 13.0. The van der Waals surface area contributed by atoms with Gasteiger partial charge in [-0.15, -0.1) is 0 Å². The first-order valence-corrected chi connectivity index (χ1v) is 9.94. The molecule has 3 amide bonds. The Bertz CT molecular complexity index is 750. The smallest absolute Gasteiger partial charge is 0.242 e. The number of imidazole rings is 1. The van der Waals surface area contributed by atoms with E-state index in [1.165, 1.54) is 0 Å². The van der Waals surface area contributed by atoms with Crippen LogP contribution in [0.15, 0.2) is 6.33 Å². The molecule has 0 aromatic carbocycles. The number of carbonyl (C=O) groups excluding carboxylic acids is 3. The molecular weight excluding hydrogens is 346 g/mol. The predicted molar refractivity (Wildman–Crippen MR) is 97.6 cm³/mol. The second-order valence-corrected chi connectivity index (χ2v) is 7.71. The molecule has 0 aliphatic carbocycles. The van der Waals surface area contributed by atoms with Crippen molar-refractivity contribution in [3.05, 3.63) is 17.7 Å². The maximum Gasteiger partial charge on any atom is 0.242 e. The summed E-state index contributed by atoms with van der Waals surface area (Å²) in [5.41, 5.74) is 1.66. The summed E-state index contributed by atoms with van der Waals surface area (Å²) in [6.07, 6.45) is 5.75. The van der Waals surface area contributed by atoms with Crippen molar-refractivity contribution in [3.63, 3.8) is 0 Å². The van der Waals surface area contributed by atoms with Crippen molar-refractivity contribution in [2.24, 2.45) is 0 Å². The van der Waals surface area contributed by atoms with Crippen molar-refractivity contribution in [1.29, 1.82) is 0 Å². The number of rotatable bonds is 3. The van der Waals surface area contributed by atoms with E-state index in [-0.39, 0.29) is 24.3 Å². The summed E-state index contributed by atoms with van der Waals surface area (Å²) in [5, 5.41) is 0. The van der Waals surface area contributed by atoms with Crippen molar-refractivity contribution in [1.82, 2.24) is 24.7 Å². The van der Waals surface area contributed by atoms with E-state index < -0.39 is 5.54 Å². The molecule has 146 valence electrons. The lowest BCUT2D eigenvalue weighted by atomic mass is 9.78. The molecule has 3 aliphatic heterocycles. The number of H-pyrrole nitrogens is 1. The predicted octanol–water partition coefficient (Wildman–Crippen LogP) is 0.645. The minimum atomic E-state index is -0.416. The zero-order valence-electron chi connectivity index (χ0n) is 15.9. The average Bonchev–Trinajstić information content (AvgIpc) is 3.32. The van der Waals surface area contributed by atoms with E-state index in [9.17, 15) is 14.4 Å². The first kappa shape index (κ1) is 18.0. The molecule has 1 aromatic rings. The summed E-state index contributed by atoms with van der Waals surface area (Å²) in [6.45, 7) is 4.61. The topological polar surface area (TPSA) is 89.6 Å². The summed E-state index contributed by atoms with van der Waals surface area (Å²) in [6, 6.07) is 0. The van der Waals surface area contributed by atoms with Crippen LogP contribution in [0.4, 0.5) is 0 Å². The Kier molecular flexibility index (Phi) is 4.65. The number of aromatic nitrogens is 2. The van der Waals surface area contributed by atoms with E-state index in [0.29, 0.717) is 51.9 Å². The third-order valence-corrected chi connectivity index (χ3v) is 6.31. The van der Waals surface area contributed by atoms with Gasteiger partial charge < -0.3 is 19.7 Å². The Labute approximate surface area is 158 Å². The second-order valence-electron chi connectivity index (χ2n) is 7.71. The van der Waals surface area contributed by atoms with Crippen LogP contribution in [0, 0.1) is 0 Å². The number of amides is 3. The number of fused-ring (bicyclic) bond motifs is 2. The van der Waals surface area contributed by atoms with E-state index in [2.05, 4.69) is 9.97 Å². The van der Waals surface area contributed by atoms with E-state index in [1.54, 1.807) is 11.2 Å². The monoisotopic (exact) mass is 373 g/mol. The number of hydrogen-bond donors (Lipinski definition) is 1. The van der Waals surface area contributed by atoms with Crippen LogP contribution in [0.1, 0.15) is 50.4 Å². The van der Waals surface area contributed by atoms with Gasteiger partial charge in [-0.25, -0.2) is 4.98 Å². The molecule has 2 fully saturated rings. The standard InChI is InChI=1S/C19H27N5O3/c1-2-15(25)24-9-5-14-18(21-13-20-14)19(24)6-10-22(11-7-19)17(27)12-23-8-3-4-16(23)26/h13H,2-12H2,1H3,(H,20,21).